The van der Waals surface area contributed by atoms with Crippen molar-refractivity contribution in [2.24, 2.45) is 5.16 Å². The van der Waals surface area contributed by atoms with E-state index in [1.54, 1.807) is 4.90 Å². The molecule has 2 amide bonds. The third-order valence-electron chi connectivity index (χ3n) is 8.31. The predicted octanol–water partition coefficient (Wildman–Crippen LogP) is 3.70. The van der Waals surface area contributed by atoms with Crippen molar-refractivity contribution >= 4 is 17.5 Å². The van der Waals surface area contributed by atoms with Crippen molar-refractivity contribution in [2.45, 2.75) is 56.8 Å². The molecule has 1 fully saturated rings. The van der Waals surface area contributed by atoms with Gasteiger partial charge in [0.1, 0.15) is 17.2 Å². The van der Waals surface area contributed by atoms with Crippen molar-refractivity contribution in [2.75, 3.05) is 6.54 Å². The van der Waals surface area contributed by atoms with E-state index in [0.29, 0.717) is 31.7 Å². The third kappa shape index (κ3) is 4.64. The number of pyridine rings is 1. The second-order valence-electron chi connectivity index (χ2n) is 10.9. The number of halogens is 2. The van der Waals surface area contributed by atoms with Gasteiger partial charge in [0.2, 0.25) is 5.43 Å². The standard InChI is InChI=1S/C30H28F2N4O5/c1-17-9-10-30(13-21(34-41-30)11-18-5-3-2-4-6-18)24-16-35(17)29(40)25-27(38)26(37)22(15-36(24)25)28(39)33-14-19-7-8-20(31)12-23(19)32/h2-8,12,15,17,24,38H,9-11,13-14,16H2,1H3,(H,33,39)/t17-,24+,30-/m0/s1. The molecule has 4 heterocycles. The van der Waals surface area contributed by atoms with Gasteiger partial charge < -0.3 is 24.7 Å². The number of carbonyl (C=O) groups is 2. The molecule has 6 rings (SSSR count). The van der Waals surface area contributed by atoms with Crippen molar-refractivity contribution in [1.82, 2.24) is 14.8 Å². The largest absolute Gasteiger partial charge is 0.503 e. The zero-order valence-electron chi connectivity index (χ0n) is 22.3. The first kappa shape index (κ1) is 26.7. The molecule has 0 saturated carbocycles. The Morgan fingerprint density at radius 3 is 2.73 bits per heavy atom. The summed E-state index contributed by atoms with van der Waals surface area (Å²) < 4.78 is 28.8. The number of amides is 2. The molecule has 0 unspecified atom stereocenters. The minimum Gasteiger partial charge on any atom is -0.503 e. The number of aromatic hydroxyl groups is 1. The van der Waals surface area contributed by atoms with E-state index in [2.05, 4.69) is 10.5 Å². The number of rotatable bonds is 5. The van der Waals surface area contributed by atoms with Crippen LogP contribution < -0.4 is 10.7 Å². The Kier molecular flexibility index (Phi) is 6.59. The minimum absolute atomic E-state index is 0.0204. The number of oxime groups is 1. The lowest BCUT2D eigenvalue weighted by atomic mass is 9.83. The van der Waals surface area contributed by atoms with Gasteiger partial charge in [-0.2, -0.15) is 0 Å². The van der Waals surface area contributed by atoms with Crippen LogP contribution in [0.15, 0.2) is 64.7 Å². The Labute approximate surface area is 234 Å². The lowest BCUT2D eigenvalue weighted by Crippen LogP contribution is -2.52. The SMILES string of the molecule is C[C@H]1CC[C@]2(CC(Cc3ccccc3)=NO2)[C@H]2CN1C(=O)c1c(O)c(=O)c(C(=O)NCc3ccc(F)cc3F)cn12. The number of aromatic nitrogens is 1. The normalized spacial score (nSPS) is 23.0. The molecule has 41 heavy (non-hydrogen) atoms. The van der Waals surface area contributed by atoms with Gasteiger partial charge in [-0.1, -0.05) is 41.6 Å². The summed E-state index contributed by atoms with van der Waals surface area (Å²) in [6, 6.07) is 12.1. The van der Waals surface area contributed by atoms with Crippen LogP contribution in [0, 0.1) is 11.6 Å². The molecule has 3 aliphatic rings. The molecule has 1 spiro atoms. The van der Waals surface area contributed by atoms with Crippen molar-refractivity contribution in [3.8, 4) is 5.75 Å². The fraction of sp³-hybridized carbons (Fsp3) is 0.333. The summed E-state index contributed by atoms with van der Waals surface area (Å²) in [5.41, 5.74) is -0.572. The van der Waals surface area contributed by atoms with Gasteiger partial charge >= 0.3 is 0 Å². The highest BCUT2D eigenvalue weighted by Crippen LogP contribution is 2.46. The number of nitrogens with zero attached hydrogens (tertiary/aromatic N) is 3. The predicted molar refractivity (Wildman–Crippen MR) is 145 cm³/mol. The molecular formula is C30H28F2N4O5. The molecule has 2 N–H and O–H groups in total. The average molecular weight is 563 g/mol. The summed E-state index contributed by atoms with van der Waals surface area (Å²) in [6.07, 6.45) is 3.50. The monoisotopic (exact) mass is 562 g/mol. The lowest BCUT2D eigenvalue weighted by molar-refractivity contribution is -0.0655. The number of hydrogen-bond acceptors (Lipinski definition) is 6. The van der Waals surface area contributed by atoms with Crippen LogP contribution in [0.4, 0.5) is 8.78 Å². The average Bonchev–Trinajstić information content (AvgIpc) is 3.31. The highest BCUT2D eigenvalue weighted by Gasteiger charge is 2.54. The van der Waals surface area contributed by atoms with Gasteiger partial charge in [-0.05, 0) is 31.4 Å². The summed E-state index contributed by atoms with van der Waals surface area (Å²) in [7, 11) is 0. The highest BCUT2D eigenvalue weighted by atomic mass is 19.1. The molecule has 0 aliphatic carbocycles. The van der Waals surface area contributed by atoms with E-state index < -0.39 is 51.8 Å². The van der Waals surface area contributed by atoms with Crippen molar-refractivity contribution in [3.63, 3.8) is 0 Å². The summed E-state index contributed by atoms with van der Waals surface area (Å²) >= 11 is 0. The zero-order chi connectivity index (χ0) is 28.9. The first-order valence-corrected chi connectivity index (χ1v) is 13.5. The van der Waals surface area contributed by atoms with Crippen LogP contribution in [0.5, 0.6) is 5.75 Å². The van der Waals surface area contributed by atoms with E-state index in [0.717, 1.165) is 17.3 Å². The Balaban J connectivity index is 1.35. The quantitative estimate of drug-likeness (QED) is 0.493. The molecule has 3 aromatic rings. The van der Waals surface area contributed by atoms with Gasteiger partial charge in [0.05, 0.1) is 11.8 Å². The maximum Gasteiger partial charge on any atom is 0.274 e. The van der Waals surface area contributed by atoms with Crippen LogP contribution in [0.1, 0.15) is 64.2 Å². The van der Waals surface area contributed by atoms with Crippen molar-refractivity contribution in [3.05, 3.63) is 99.0 Å². The molecule has 0 radical (unpaired) electrons. The highest BCUT2D eigenvalue weighted by molar-refractivity contribution is 5.99. The summed E-state index contributed by atoms with van der Waals surface area (Å²) in [5.74, 6) is -3.82. The van der Waals surface area contributed by atoms with E-state index in [4.69, 9.17) is 4.84 Å². The Bertz CT molecular complexity index is 1640. The Hall–Kier alpha value is -4.54. The van der Waals surface area contributed by atoms with Crippen molar-refractivity contribution < 1.29 is 28.3 Å². The van der Waals surface area contributed by atoms with Crippen LogP contribution in [0.3, 0.4) is 0 Å². The smallest absolute Gasteiger partial charge is 0.274 e. The van der Waals surface area contributed by atoms with Gasteiger partial charge in [-0.3, -0.25) is 14.4 Å². The molecule has 3 aliphatic heterocycles. The Morgan fingerprint density at radius 1 is 1.20 bits per heavy atom. The van der Waals surface area contributed by atoms with E-state index in [9.17, 15) is 28.3 Å². The van der Waals surface area contributed by atoms with Crippen LogP contribution in [-0.2, 0) is 17.8 Å². The topological polar surface area (TPSA) is 113 Å². The van der Waals surface area contributed by atoms with E-state index in [-0.39, 0.29) is 30.4 Å². The van der Waals surface area contributed by atoms with Crippen LogP contribution in [0.25, 0.3) is 0 Å². The van der Waals surface area contributed by atoms with Crippen molar-refractivity contribution in [1.29, 1.82) is 0 Å². The van der Waals surface area contributed by atoms with E-state index in [1.807, 2.05) is 37.3 Å². The fourth-order valence-electron chi connectivity index (χ4n) is 6.05. The van der Waals surface area contributed by atoms with Gasteiger partial charge in [-0.15, -0.1) is 0 Å². The molecule has 3 atom stereocenters. The second kappa shape index (κ2) is 10.1. The number of nitrogens with one attached hydrogen (secondary N) is 1. The molecule has 11 heteroatoms. The first-order valence-electron chi connectivity index (χ1n) is 13.5. The molecule has 2 bridgehead atoms. The van der Waals surface area contributed by atoms with Crippen LogP contribution in [0.2, 0.25) is 0 Å². The summed E-state index contributed by atoms with van der Waals surface area (Å²) in [6.45, 7) is 1.84. The van der Waals surface area contributed by atoms with Gasteiger partial charge in [0, 0.05) is 49.8 Å². The molecule has 1 saturated heterocycles. The minimum atomic E-state index is -1.02. The van der Waals surface area contributed by atoms with Gasteiger partial charge in [-0.25, -0.2) is 8.78 Å². The fourth-order valence-corrected chi connectivity index (χ4v) is 6.05. The first-order chi connectivity index (χ1) is 19.7. The number of benzene rings is 2. The summed E-state index contributed by atoms with van der Waals surface area (Å²) in [5, 5.41) is 17.9. The number of hydrogen-bond donors (Lipinski definition) is 2. The molecule has 2 aromatic carbocycles. The third-order valence-corrected chi connectivity index (χ3v) is 8.31. The summed E-state index contributed by atoms with van der Waals surface area (Å²) in [4.78, 5) is 47.5. The number of carbonyl (C=O) groups excluding carboxylic acids is 2. The van der Waals surface area contributed by atoms with E-state index >= 15 is 0 Å². The zero-order valence-corrected chi connectivity index (χ0v) is 22.3. The number of fused-ring (bicyclic) bond motifs is 5. The second-order valence-corrected chi connectivity index (χ2v) is 10.9. The maximum absolute atomic E-state index is 14.1. The molecule has 1 aromatic heterocycles. The molecule has 212 valence electrons. The molecule has 9 nitrogen and oxygen atoms in total. The van der Waals surface area contributed by atoms with E-state index in [1.165, 1.54) is 16.8 Å². The lowest BCUT2D eigenvalue weighted by Gasteiger charge is -2.41. The maximum atomic E-state index is 14.1. The molecular weight excluding hydrogens is 534 g/mol. The van der Waals surface area contributed by atoms with Gasteiger partial charge in [0.25, 0.3) is 11.8 Å². The van der Waals surface area contributed by atoms with Crippen LogP contribution in [-0.4, -0.2) is 50.3 Å². The van der Waals surface area contributed by atoms with Gasteiger partial charge in [0.15, 0.2) is 17.0 Å². The Morgan fingerprint density at radius 2 is 1.98 bits per heavy atom. The van der Waals surface area contributed by atoms with Crippen LogP contribution >= 0.6 is 0 Å².